The summed E-state index contributed by atoms with van der Waals surface area (Å²) in [4.78, 5) is 12.2. The number of nitrogens with one attached hydrogen (secondary N) is 1. The Labute approximate surface area is 145 Å². The summed E-state index contributed by atoms with van der Waals surface area (Å²) in [6, 6.07) is 4.81. The van der Waals surface area contributed by atoms with Crippen LogP contribution in [0.3, 0.4) is 0 Å². The molecule has 136 valence electrons. The van der Waals surface area contributed by atoms with Crippen LogP contribution in [0.25, 0.3) is 0 Å². The molecule has 1 rings (SSSR count). The summed E-state index contributed by atoms with van der Waals surface area (Å²) in [5.41, 5.74) is 0.702. The monoisotopic (exact) mass is 356 g/mol. The minimum absolute atomic E-state index is 0.0564. The van der Waals surface area contributed by atoms with Crippen LogP contribution < -0.4 is 10.1 Å². The molecule has 7 heteroatoms. The second kappa shape index (κ2) is 8.48. The molecule has 24 heavy (non-hydrogen) atoms. The largest absolute Gasteiger partial charge is 0.496 e. The van der Waals surface area contributed by atoms with Crippen molar-refractivity contribution in [1.29, 1.82) is 0 Å². The maximum atomic E-state index is 12.2. The number of methoxy groups -OCH3 is 1. The van der Waals surface area contributed by atoms with Crippen LogP contribution in [0.2, 0.25) is 0 Å². The number of aryl methyl sites for hydroxylation is 1. The van der Waals surface area contributed by atoms with E-state index in [4.69, 9.17) is 4.74 Å². The van der Waals surface area contributed by atoms with Gasteiger partial charge in [0, 0.05) is 26.6 Å². The van der Waals surface area contributed by atoms with Gasteiger partial charge in [-0.1, -0.05) is 13.8 Å². The zero-order valence-corrected chi connectivity index (χ0v) is 16.1. The van der Waals surface area contributed by atoms with E-state index in [0.29, 0.717) is 23.7 Å². The third kappa shape index (κ3) is 5.21. The number of sulfonamides is 1. The quantitative estimate of drug-likeness (QED) is 0.773. The Kier molecular flexibility index (Phi) is 7.23. The molecule has 1 amide bonds. The molecule has 0 radical (unpaired) electrons. The van der Waals surface area contributed by atoms with E-state index in [1.165, 1.54) is 27.3 Å². The highest BCUT2D eigenvalue weighted by Gasteiger charge is 2.19. The summed E-state index contributed by atoms with van der Waals surface area (Å²) in [7, 11) is 0.984. The fraction of sp³-hybridized carbons (Fsp3) is 0.588. The Hall–Kier alpha value is -1.60. The lowest BCUT2D eigenvalue weighted by Crippen LogP contribution is -2.36. The topological polar surface area (TPSA) is 75.7 Å². The maximum absolute atomic E-state index is 12.2. The third-order valence-electron chi connectivity index (χ3n) is 4.04. The highest BCUT2D eigenvalue weighted by Crippen LogP contribution is 2.25. The third-order valence-corrected chi connectivity index (χ3v) is 5.85. The van der Waals surface area contributed by atoms with Crippen molar-refractivity contribution in [3.63, 3.8) is 0 Å². The van der Waals surface area contributed by atoms with E-state index in [9.17, 15) is 13.2 Å². The van der Waals surface area contributed by atoms with Crippen LogP contribution in [-0.4, -0.2) is 45.9 Å². The van der Waals surface area contributed by atoms with Gasteiger partial charge in [0.2, 0.25) is 15.9 Å². The molecule has 1 N–H and O–H groups in total. The lowest BCUT2D eigenvalue weighted by atomic mass is 10.1. The van der Waals surface area contributed by atoms with Crippen molar-refractivity contribution in [2.45, 2.75) is 44.6 Å². The minimum Gasteiger partial charge on any atom is -0.496 e. The molecule has 0 saturated carbocycles. The molecule has 0 fully saturated rings. The zero-order chi connectivity index (χ0) is 18.5. The van der Waals surface area contributed by atoms with Gasteiger partial charge < -0.3 is 10.1 Å². The molecule has 1 aromatic rings. The fourth-order valence-corrected chi connectivity index (χ4v) is 3.02. The summed E-state index contributed by atoms with van der Waals surface area (Å²) < 4.78 is 30.9. The molecule has 6 nitrogen and oxygen atoms in total. The van der Waals surface area contributed by atoms with Gasteiger partial charge in [-0.3, -0.25) is 4.79 Å². The van der Waals surface area contributed by atoms with E-state index < -0.39 is 10.0 Å². The Bertz CT molecular complexity index is 669. The molecule has 0 heterocycles. The average molecular weight is 356 g/mol. The molecular formula is C17H28N2O4S. The molecule has 0 saturated heterocycles. The van der Waals surface area contributed by atoms with Gasteiger partial charge in [-0.05, 0) is 43.0 Å². The Morgan fingerprint density at radius 2 is 1.88 bits per heavy atom. The van der Waals surface area contributed by atoms with Gasteiger partial charge in [-0.15, -0.1) is 0 Å². The molecular weight excluding hydrogens is 328 g/mol. The molecule has 0 aliphatic carbocycles. The van der Waals surface area contributed by atoms with Crippen molar-refractivity contribution in [2.75, 3.05) is 21.2 Å². The number of ether oxygens (including phenoxy) is 1. The van der Waals surface area contributed by atoms with Gasteiger partial charge in [-0.2, -0.15) is 0 Å². The van der Waals surface area contributed by atoms with Gasteiger partial charge in [-0.25, -0.2) is 12.7 Å². The highest BCUT2D eigenvalue weighted by molar-refractivity contribution is 7.89. The summed E-state index contributed by atoms with van der Waals surface area (Å²) >= 11 is 0. The molecule has 0 spiro atoms. The predicted molar refractivity (Wildman–Crippen MR) is 94.6 cm³/mol. The maximum Gasteiger partial charge on any atom is 0.242 e. The number of amides is 1. The Balaban J connectivity index is 2.92. The van der Waals surface area contributed by atoms with Crippen LogP contribution in [0.1, 0.15) is 32.8 Å². The summed E-state index contributed by atoms with van der Waals surface area (Å²) in [6.07, 6.45) is 0.690. The Morgan fingerprint density at radius 1 is 1.25 bits per heavy atom. The number of nitrogens with zero attached hydrogens (tertiary/aromatic N) is 1. The average Bonchev–Trinajstić information content (AvgIpc) is 2.52. The van der Waals surface area contributed by atoms with Crippen molar-refractivity contribution in [2.24, 2.45) is 5.92 Å². The predicted octanol–water partition coefficient (Wildman–Crippen LogP) is 2.04. The van der Waals surface area contributed by atoms with Crippen LogP contribution in [0.4, 0.5) is 0 Å². The first kappa shape index (κ1) is 20.4. The minimum atomic E-state index is -3.52. The van der Waals surface area contributed by atoms with E-state index in [1.807, 2.05) is 20.8 Å². The molecule has 0 aliphatic heterocycles. The SMILES string of the molecule is COc1ccc(S(=O)(=O)N(C)C)cc1CCC(=O)N[C@H](C)C(C)C. The van der Waals surface area contributed by atoms with E-state index in [-0.39, 0.29) is 23.3 Å². The highest BCUT2D eigenvalue weighted by atomic mass is 32.2. The summed E-state index contributed by atoms with van der Waals surface area (Å²) in [5, 5.41) is 2.94. The number of rotatable bonds is 8. The van der Waals surface area contributed by atoms with Crippen molar-refractivity contribution < 1.29 is 17.9 Å². The second-order valence-electron chi connectivity index (χ2n) is 6.36. The standard InChI is InChI=1S/C17H28N2O4S/c1-12(2)13(3)18-17(20)10-7-14-11-15(8-9-16(14)23-6)24(21,22)19(4)5/h8-9,11-13H,7,10H2,1-6H3,(H,18,20)/t13-/m1/s1. The fourth-order valence-electron chi connectivity index (χ4n) is 2.06. The van der Waals surface area contributed by atoms with Crippen LogP contribution in [0, 0.1) is 5.92 Å². The molecule has 0 unspecified atom stereocenters. The first-order valence-electron chi connectivity index (χ1n) is 7.98. The van der Waals surface area contributed by atoms with Crippen LogP contribution >= 0.6 is 0 Å². The first-order valence-corrected chi connectivity index (χ1v) is 9.42. The van der Waals surface area contributed by atoms with Gasteiger partial charge in [0.15, 0.2) is 0 Å². The van der Waals surface area contributed by atoms with Crippen molar-refractivity contribution >= 4 is 15.9 Å². The van der Waals surface area contributed by atoms with Crippen molar-refractivity contribution in [1.82, 2.24) is 9.62 Å². The van der Waals surface area contributed by atoms with E-state index in [1.54, 1.807) is 12.1 Å². The van der Waals surface area contributed by atoms with Crippen molar-refractivity contribution in [3.8, 4) is 5.75 Å². The van der Waals surface area contributed by atoms with E-state index in [0.717, 1.165) is 4.31 Å². The second-order valence-corrected chi connectivity index (χ2v) is 8.51. The van der Waals surface area contributed by atoms with Crippen LogP contribution in [-0.2, 0) is 21.2 Å². The molecule has 1 atom stereocenters. The zero-order valence-electron chi connectivity index (χ0n) is 15.3. The van der Waals surface area contributed by atoms with Crippen LogP contribution in [0.15, 0.2) is 23.1 Å². The van der Waals surface area contributed by atoms with Gasteiger partial charge in [0.05, 0.1) is 12.0 Å². The smallest absolute Gasteiger partial charge is 0.242 e. The normalized spacial score (nSPS) is 13.2. The molecule has 0 bridgehead atoms. The van der Waals surface area contributed by atoms with Gasteiger partial charge >= 0.3 is 0 Å². The number of carbonyl (C=O) groups is 1. The van der Waals surface area contributed by atoms with Crippen molar-refractivity contribution in [3.05, 3.63) is 23.8 Å². The number of hydrogen-bond acceptors (Lipinski definition) is 4. The molecule has 1 aromatic carbocycles. The Morgan fingerprint density at radius 3 is 2.38 bits per heavy atom. The lowest BCUT2D eigenvalue weighted by Gasteiger charge is -2.18. The van der Waals surface area contributed by atoms with Gasteiger partial charge in [0.1, 0.15) is 5.75 Å². The van der Waals surface area contributed by atoms with Crippen LogP contribution in [0.5, 0.6) is 5.75 Å². The first-order chi connectivity index (χ1) is 11.1. The number of hydrogen-bond donors (Lipinski definition) is 1. The van der Waals surface area contributed by atoms with E-state index >= 15 is 0 Å². The summed E-state index contributed by atoms with van der Waals surface area (Å²) in [5.74, 6) is 0.883. The molecule has 0 aliphatic rings. The number of carbonyl (C=O) groups excluding carboxylic acids is 1. The van der Waals surface area contributed by atoms with E-state index in [2.05, 4.69) is 5.32 Å². The lowest BCUT2D eigenvalue weighted by molar-refractivity contribution is -0.121. The summed E-state index contributed by atoms with van der Waals surface area (Å²) in [6.45, 7) is 6.06. The number of benzene rings is 1. The molecule has 0 aromatic heterocycles. The van der Waals surface area contributed by atoms with Gasteiger partial charge in [0.25, 0.3) is 0 Å².